The largest absolute Gasteiger partial charge is 0.481 e. The van der Waals surface area contributed by atoms with Crippen LogP contribution in [-0.4, -0.2) is 17.0 Å². The quantitative estimate of drug-likeness (QED) is 0.886. The Hall–Kier alpha value is -2.62. The first-order valence-electron chi connectivity index (χ1n) is 8.21. The molecule has 24 heavy (non-hydrogen) atoms. The number of benzene rings is 2. The standard InChI is InChI=1S/C20H21NO3/c1-13-3-2-4-16(11-13)15-7-5-14(6-8-15)12-21-19(22)17-9-10-18(17)20(23)24/h2-8,11,17-18H,9-10,12H2,1H3,(H,21,22)(H,23,24). The van der Waals surface area contributed by atoms with Crippen molar-refractivity contribution in [1.82, 2.24) is 5.32 Å². The van der Waals surface area contributed by atoms with Gasteiger partial charge in [0.25, 0.3) is 0 Å². The smallest absolute Gasteiger partial charge is 0.307 e. The van der Waals surface area contributed by atoms with E-state index in [-0.39, 0.29) is 11.8 Å². The third-order valence-electron chi connectivity index (χ3n) is 4.70. The van der Waals surface area contributed by atoms with Crippen molar-refractivity contribution in [1.29, 1.82) is 0 Å². The van der Waals surface area contributed by atoms with Crippen LogP contribution in [-0.2, 0) is 16.1 Å². The van der Waals surface area contributed by atoms with Crippen molar-refractivity contribution >= 4 is 11.9 Å². The SMILES string of the molecule is Cc1cccc(-c2ccc(CNC(=O)C3CCC3C(=O)O)cc2)c1. The lowest BCUT2D eigenvalue weighted by molar-refractivity contribution is -0.152. The lowest BCUT2D eigenvalue weighted by Crippen LogP contribution is -2.43. The molecular weight excluding hydrogens is 302 g/mol. The van der Waals surface area contributed by atoms with Crippen LogP contribution < -0.4 is 5.32 Å². The highest BCUT2D eigenvalue weighted by molar-refractivity contribution is 5.86. The molecule has 0 radical (unpaired) electrons. The fourth-order valence-electron chi connectivity index (χ4n) is 3.07. The Labute approximate surface area is 141 Å². The van der Waals surface area contributed by atoms with E-state index >= 15 is 0 Å². The number of rotatable bonds is 5. The Bertz CT molecular complexity index is 752. The van der Waals surface area contributed by atoms with E-state index in [4.69, 9.17) is 5.11 Å². The normalized spacial score (nSPS) is 19.4. The van der Waals surface area contributed by atoms with Crippen LogP contribution in [0.25, 0.3) is 11.1 Å². The van der Waals surface area contributed by atoms with Gasteiger partial charge >= 0.3 is 5.97 Å². The van der Waals surface area contributed by atoms with E-state index in [9.17, 15) is 9.59 Å². The number of carboxylic acid groups (broad SMARTS) is 1. The molecule has 2 N–H and O–H groups in total. The van der Waals surface area contributed by atoms with E-state index in [1.807, 2.05) is 30.3 Å². The maximum absolute atomic E-state index is 12.1. The maximum Gasteiger partial charge on any atom is 0.307 e. The summed E-state index contributed by atoms with van der Waals surface area (Å²) in [5.74, 6) is -1.93. The summed E-state index contributed by atoms with van der Waals surface area (Å²) >= 11 is 0. The highest BCUT2D eigenvalue weighted by Gasteiger charge is 2.41. The fourth-order valence-corrected chi connectivity index (χ4v) is 3.07. The average Bonchev–Trinajstić information content (AvgIpc) is 2.52. The predicted octanol–water partition coefficient (Wildman–Crippen LogP) is 3.39. The molecule has 1 fully saturated rings. The second kappa shape index (κ2) is 6.87. The van der Waals surface area contributed by atoms with E-state index in [0.29, 0.717) is 19.4 Å². The third-order valence-corrected chi connectivity index (χ3v) is 4.70. The summed E-state index contributed by atoms with van der Waals surface area (Å²) < 4.78 is 0. The molecule has 124 valence electrons. The van der Waals surface area contributed by atoms with Gasteiger partial charge in [0.2, 0.25) is 5.91 Å². The summed E-state index contributed by atoms with van der Waals surface area (Å²) in [5.41, 5.74) is 4.53. The summed E-state index contributed by atoms with van der Waals surface area (Å²) in [7, 11) is 0. The van der Waals surface area contributed by atoms with Crippen LogP contribution in [0.5, 0.6) is 0 Å². The van der Waals surface area contributed by atoms with Crippen LogP contribution in [0, 0.1) is 18.8 Å². The molecule has 4 heteroatoms. The number of carbonyl (C=O) groups is 2. The molecule has 2 aromatic carbocycles. The number of carbonyl (C=O) groups excluding carboxylic acids is 1. The molecular formula is C20H21NO3. The van der Waals surface area contributed by atoms with Crippen molar-refractivity contribution < 1.29 is 14.7 Å². The number of nitrogens with one attached hydrogen (secondary N) is 1. The lowest BCUT2D eigenvalue weighted by Gasteiger charge is -2.31. The van der Waals surface area contributed by atoms with Crippen LogP contribution in [0.4, 0.5) is 0 Å². The predicted molar refractivity (Wildman–Crippen MR) is 92.3 cm³/mol. The van der Waals surface area contributed by atoms with Crippen LogP contribution in [0.15, 0.2) is 48.5 Å². The average molecular weight is 323 g/mol. The van der Waals surface area contributed by atoms with E-state index in [1.165, 1.54) is 11.1 Å². The second-order valence-corrected chi connectivity index (χ2v) is 6.41. The van der Waals surface area contributed by atoms with Gasteiger partial charge in [-0.1, -0.05) is 54.1 Å². The van der Waals surface area contributed by atoms with E-state index in [2.05, 4.69) is 30.4 Å². The van der Waals surface area contributed by atoms with Gasteiger partial charge < -0.3 is 10.4 Å². The van der Waals surface area contributed by atoms with Gasteiger partial charge in [0.05, 0.1) is 11.8 Å². The molecule has 1 aliphatic carbocycles. The summed E-state index contributed by atoms with van der Waals surface area (Å²) in [4.78, 5) is 23.1. The molecule has 0 saturated heterocycles. The Kier molecular flexibility index (Phi) is 4.65. The Balaban J connectivity index is 1.59. The van der Waals surface area contributed by atoms with Crippen LogP contribution in [0.1, 0.15) is 24.0 Å². The van der Waals surface area contributed by atoms with E-state index in [1.54, 1.807) is 0 Å². The van der Waals surface area contributed by atoms with Crippen molar-refractivity contribution in [2.45, 2.75) is 26.3 Å². The molecule has 2 unspecified atom stereocenters. The van der Waals surface area contributed by atoms with Crippen molar-refractivity contribution in [2.24, 2.45) is 11.8 Å². The van der Waals surface area contributed by atoms with Gasteiger partial charge in [-0.15, -0.1) is 0 Å². The van der Waals surface area contributed by atoms with Crippen molar-refractivity contribution in [2.75, 3.05) is 0 Å². The number of amides is 1. The third kappa shape index (κ3) is 3.48. The molecule has 1 aliphatic rings. The van der Waals surface area contributed by atoms with Crippen LogP contribution >= 0.6 is 0 Å². The van der Waals surface area contributed by atoms with Crippen molar-refractivity contribution in [3.05, 3.63) is 59.7 Å². The molecule has 2 aromatic rings. The Morgan fingerprint density at radius 3 is 2.33 bits per heavy atom. The highest BCUT2D eigenvalue weighted by Crippen LogP contribution is 2.34. The summed E-state index contributed by atoms with van der Waals surface area (Å²) in [6, 6.07) is 16.4. The van der Waals surface area contributed by atoms with Gasteiger partial charge in [-0.2, -0.15) is 0 Å². The van der Waals surface area contributed by atoms with Crippen LogP contribution in [0.2, 0.25) is 0 Å². The molecule has 0 aliphatic heterocycles. The number of hydrogen-bond donors (Lipinski definition) is 2. The molecule has 0 bridgehead atoms. The first-order chi connectivity index (χ1) is 11.5. The van der Waals surface area contributed by atoms with E-state index < -0.39 is 11.9 Å². The number of carboxylic acids is 1. The number of aliphatic carboxylic acids is 1. The van der Waals surface area contributed by atoms with Crippen molar-refractivity contribution in [3.63, 3.8) is 0 Å². The Morgan fingerprint density at radius 1 is 1.04 bits per heavy atom. The molecule has 1 saturated carbocycles. The highest BCUT2D eigenvalue weighted by atomic mass is 16.4. The zero-order chi connectivity index (χ0) is 17.1. The molecule has 0 heterocycles. The Morgan fingerprint density at radius 2 is 1.75 bits per heavy atom. The van der Waals surface area contributed by atoms with Gasteiger partial charge in [0.15, 0.2) is 0 Å². The topological polar surface area (TPSA) is 66.4 Å². The maximum atomic E-state index is 12.1. The van der Waals surface area contributed by atoms with Gasteiger partial charge in [-0.3, -0.25) is 9.59 Å². The van der Waals surface area contributed by atoms with Crippen molar-refractivity contribution in [3.8, 4) is 11.1 Å². The summed E-state index contributed by atoms with van der Waals surface area (Å²) in [6.07, 6.45) is 1.26. The zero-order valence-corrected chi connectivity index (χ0v) is 13.7. The van der Waals surface area contributed by atoms with E-state index in [0.717, 1.165) is 11.1 Å². The van der Waals surface area contributed by atoms with Gasteiger partial charge in [0, 0.05) is 6.54 Å². The van der Waals surface area contributed by atoms with Gasteiger partial charge in [0.1, 0.15) is 0 Å². The molecule has 3 rings (SSSR count). The zero-order valence-electron chi connectivity index (χ0n) is 13.7. The molecule has 4 nitrogen and oxygen atoms in total. The first kappa shape index (κ1) is 16.2. The second-order valence-electron chi connectivity index (χ2n) is 6.41. The summed E-state index contributed by atoms with van der Waals surface area (Å²) in [6.45, 7) is 2.49. The van der Waals surface area contributed by atoms with Crippen LogP contribution in [0.3, 0.4) is 0 Å². The minimum absolute atomic E-state index is 0.156. The van der Waals surface area contributed by atoms with Gasteiger partial charge in [-0.05, 0) is 36.5 Å². The fraction of sp³-hybridized carbons (Fsp3) is 0.300. The lowest BCUT2D eigenvalue weighted by atomic mass is 9.73. The first-order valence-corrected chi connectivity index (χ1v) is 8.21. The number of hydrogen-bond acceptors (Lipinski definition) is 2. The van der Waals surface area contributed by atoms with Gasteiger partial charge in [-0.25, -0.2) is 0 Å². The summed E-state index contributed by atoms with van der Waals surface area (Å²) in [5, 5.41) is 11.9. The molecule has 2 atom stereocenters. The number of aryl methyl sites for hydroxylation is 1. The monoisotopic (exact) mass is 323 g/mol. The minimum atomic E-state index is -0.871. The molecule has 0 spiro atoms. The minimum Gasteiger partial charge on any atom is -0.481 e. The molecule has 0 aromatic heterocycles. The molecule has 1 amide bonds.